The lowest BCUT2D eigenvalue weighted by Gasteiger charge is -2.06. The van der Waals surface area contributed by atoms with E-state index >= 15 is 0 Å². The Morgan fingerprint density at radius 2 is 2.12 bits per heavy atom. The minimum atomic E-state index is -0.876. The Balaban J connectivity index is 2.07. The lowest BCUT2D eigenvalue weighted by atomic mass is 10.1. The molecule has 2 aromatic rings. The molecule has 1 heterocycles. The number of benzene rings is 1. The number of nitrogens with zero attached hydrogens (tertiary/aromatic N) is 1. The zero-order valence-corrected chi connectivity index (χ0v) is 9.76. The van der Waals surface area contributed by atoms with E-state index < -0.39 is 5.97 Å². The van der Waals surface area contributed by atoms with E-state index in [-0.39, 0.29) is 0 Å². The first-order chi connectivity index (χ1) is 8.16. The molecule has 88 valence electrons. The maximum absolute atomic E-state index is 10.9. The maximum Gasteiger partial charge on any atom is 0.352 e. The van der Waals surface area contributed by atoms with E-state index in [0.717, 1.165) is 6.42 Å². The molecule has 0 aliphatic carbocycles. The Bertz CT molecular complexity index is 529. The van der Waals surface area contributed by atoms with Crippen molar-refractivity contribution in [2.45, 2.75) is 19.9 Å². The second kappa shape index (κ2) is 4.87. The number of carboxylic acids is 1. The molecule has 0 fully saturated rings. The number of hydrogen-bond acceptors (Lipinski definition) is 1. The number of aryl methyl sites for hydroxylation is 3. The van der Waals surface area contributed by atoms with Crippen LogP contribution in [0.25, 0.3) is 0 Å². The van der Waals surface area contributed by atoms with Crippen molar-refractivity contribution in [2.24, 2.45) is 0 Å². The van der Waals surface area contributed by atoms with Crippen molar-refractivity contribution < 1.29 is 9.90 Å². The Labute approximate surface area is 100 Å². The number of aromatic nitrogens is 1. The summed E-state index contributed by atoms with van der Waals surface area (Å²) >= 11 is 0. The summed E-state index contributed by atoms with van der Waals surface area (Å²) in [6, 6.07) is 11.7. The summed E-state index contributed by atoms with van der Waals surface area (Å²) in [6.07, 6.45) is 2.65. The molecule has 0 amide bonds. The van der Waals surface area contributed by atoms with Crippen LogP contribution < -0.4 is 0 Å². The van der Waals surface area contributed by atoms with Crippen LogP contribution in [0.4, 0.5) is 0 Å². The van der Waals surface area contributed by atoms with Crippen LogP contribution in [0, 0.1) is 6.92 Å². The van der Waals surface area contributed by atoms with Gasteiger partial charge in [0, 0.05) is 12.7 Å². The minimum absolute atomic E-state index is 0.345. The molecule has 1 aromatic heterocycles. The third kappa shape index (κ3) is 2.75. The molecule has 3 nitrogen and oxygen atoms in total. The van der Waals surface area contributed by atoms with Crippen LogP contribution in [-0.2, 0) is 13.0 Å². The van der Waals surface area contributed by atoms with Gasteiger partial charge in [0.2, 0.25) is 0 Å². The number of carbonyl (C=O) groups is 1. The Morgan fingerprint density at radius 1 is 1.29 bits per heavy atom. The predicted molar refractivity (Wildman–Crippen MR) is 66.3 cm³/mol. The van der Waals surface area contributed by atoms with Gasteiger partial charge in [-0.05, 0) is 31.0 Å². The summed E-state index contributed by atoms with van der Waals surface area (Å²) in [4.78, 5) is 10.9. The molecule has 0 unspecified atom stereocenters. The molecule has 17 heavy (non-hydrogen) atoms. The van der Waals surface area contributed by atoms with Crippen LogP contribution in [0.3, 0.4) is 0 Å². The molecule has 0 saturated heterocycles. The standard InChI is InChI=1S/C14H15NO2/c1-11-4-2-5-12(10-11)7-9-15-8-3-6-13(15)14(16)17/h2-6,8,10H,7,9H2,1H3,(H,16,17). The van der Waals surface area contributed by atoms with Gasteiger partial charge in [-0.15, -0.1) is 0 Å². The number of hydrogen-bond donors (Lipinski definition) is 1. The first-order valence-electron chi connectivity index (χ1n) is 5.61. The molecular weight excluding hydrogens is 214 g/mol. The van der Waals surface area contributed by atoms with E-state index in [9.17, 15) is 4.79 Å². The van der Waals surface area contributed by atoms with Crippen LogP contribution in [0.15, 0.2) is 42.6 Å². The van der Waals surface area contributed by atoms with Crippen molar-refractivity contribution in [1.29, 1.82) is 0 Å². The monoisotopic (exact) mass is 229 g/mol. The van der Waals surface area contributed by atoms with Crippen molar-refractivity contribution in [3.63, 3.8) is 0 Å². The fraction of sp³-hybridized carbons (Fsp3) is 0.214. The molecule has 2 rings (SSSR count). The maximum atomic E-state index is 10.9. The lowest BCUT2D eigenvalue weighted by Crippen LogP contribution is -2.09. The zero-order chi connectivity index (χ0) is 12.3. The second-order valence-electron chi connectivity index (χ2n) is 4.13. The fourth-order valence-electron chi connectivity index (χ4n) is 1.92. The summed E-state index contributed by atoms with van der Waals surface area (Å²) in [5.74, 6) is -0.876. The number of aromatic carboxylic acids is 1. The van der Waals surface area contributed by atoms with E-state index in [0.29, 0.717) is 12.2 Å². The molecule has 0 bridgehead atoms. The summed E-state index contributed by atoms with van der Waals surface area (Å²) in [7, 11) is 0. The third-order valence-electron chi connectivity index (χ3n) is 2.77. The van der Waals surface area contributed by atoms with Gasteiger partial charge in [0.25, 0.3) is 0 Å². The quantitative estimate of drug-likeness (QED) is 0.875. The highest BCUT2D eigenvalue weighted by molar-refractivity contribution is 5.85. The molecule has 0 spiro atoms. The SMILES string of the molecule is Cc1cccc(CCn2cccc2C(=O)O)c1. The van der Waals surface area contributed by atoms with Crippen molar-refractivity contribution in [3.8, 4) is 0 Å². The molecule has 1 N–H and O–H groups in total. The van der Waals surface area contributed by atoms with Crippen LogP contribution in [0.2, 0.25) is 0 Å². The summed E-state index contributed by atoms with van der Waals surface area (Å²) in [5.41, 5.74) is 2.81. The van der Waals surface area contributed by atoms with Gasteiger partial charge in [-0.3, -0.25) is 0 Å². The van der Waals surface area contributed by atoms with E-state index in [1.807, 2.05) is 6.07 Å². The normalized spacial score (nSPS) is 10.4. The fourth-order valence-corrected chi connectivity index (χ4v) is 1.92. The lowest BCUT2D eigenvalue weighted by molar-refractivity contribution is 0.0685. The van der Waals surface area contributed by atoms with E-state index in [4.69, 9.17) is 5.11 Å². The van der Waals surface area contributed by atoms with Gasteiger partial charge >= 0.3 is 5.97 Å². The molecule has 1 aromatic carbocycles. The molecule has 0 aliphatic rings. The Morgan fingerprint density at radius 3 is 2.82 bits per heavy atom. The minimum Gasteiger partial charge on any atom is -0.477 e. The summed E-state index contributed by atoms with van der Waals surface area (Å²) in [6.45, 7) is 2.75. The molecular formula is C14H15NO2. The Kier molecular flexibility index (Phi) is 3.28. The van der Waals surface area contributed by atoms with Crippen LogP contribution in [-0.4, -0.2) is 15.6 Å². The van der Waals surface area contributed by atoms with Crippen molar-refractivity contribution in [1.82, 2.24) is 4.57 Å². The van der Waals surface area contributed by atoms with Crippen LogP contribution in [0.5, 0.6) is 0 Å². The highest BCUT2D eigenvalue weighted by Crippen LogP contribution is 2.08. The van der Waals surface area contributed by atoms with E-state index in [1.54, 1.807) is 22.9 Å². The first-order valence-corrected chi connectivity index (χ1v) is 5.61. The average molecular weight is 229 g/mol. The van der Waals surface area contributed by atoms with E-state index in [2.05, 4.69) is 25.1 Å². The van der Waals surface area contributed by atoms with Gasteiger partial charge in [-0.1, -0.05) is 29.8 Å². The van der Waals surface area contributed by atoms with Gasteiger partial charge in [0.05, 0.1) is 0 Å². The first kappa shape index (κ1) is 11.5. The smallest absolute Gasteiger partial charge is 0.352 e. The van der Waals surface area contributed by atoms with Crippen molar-refractivity contribution in [2.75, 3.05) is 0 Å². The van der Waals surface area contributed by atoms with Gasteiger partial charge in [-0.25, -0.2) is 4.79 Å². The average Bonchev–Trinajstić information content (AvgIpc) is 2.74. The number of carboxylic acid groups (broad SMARTS) is 1. The summed E-state index contributed by atoms with van der Waals surface area (Å²) < 4.78 is 1.77. The molecule has 0 radical (unpaired) electrons. The highest BCUT2D eigenvalue weighted by atomic mass is 16.4. The van der Waals surface area contributed by atoms with Crippen LogP contribution >= 0.6 is 0 Å². The van der Waals surface area contributed by atoms with Gasteiger partial charge < -0.3 is 9.67 Å². The molecule has 0 atom stereocenters. The largest absolute Gasteiger partial charge is 0.477 e. The summed E-state index contributed by atoms with van der Waals surface area (Å²) in [5, 5.41) is 8.98. The van der Waals surface area contributed by atoms with Crippen LogP contribution in [0.1, 0.15) is 21.6 Å². The highest BCUT2D eigenvalue weighted by Gasteiger charge is 2.07. The van der Waals surface area contributed by atoms with Crippen molar-refractivity contribution in [3.05, 3.63) is 59.4 Å². The Hall–Kier alpha value is -2.03. The van der Waals surface area contributed by atoms with Gasteiger partial charge in [-0.2, -0.15) is 0 Å². The molecule has 3 heteroatoms. The second-order valence-corrected chi connectivity index (χ2v) is 4.13. The van der Waals surface area contributed by atoms with Gasteiger partial charge in [0.15, 0.2) is 0 Å². The molecule has 0 aliphatic heterocycles. The third-order valence-corrected chi connectivity index (χ3v) is 2.77. The predicted octanol–water partition coefficient (Wildman–Crippen LogP) is 2.74. The van der Waals surface area contributed by atoms with Gasteiger partial charge in [0.1, 0.15) is 5.69 Å². The molecule has 0 saturated carbocycles. The number of rotatable bonds is 4. The van der Waals surface area contributed by atoms with E-state index in [1.165, 1.54) is 11.1 Å². The topological polar surface area (TPSA) is 42.2 Å². The van der Waals surface area contributed by atoms with Crippen molar-refractivity contribution >= 4 is 5.97 Å². The zero-order valence-electron chi connectivity index (χ0n) is 9.76.